The number of nitrogens with zero attached hydrogens (tertiary/aromatic N) is 3. The van der Waals surface area contributed by atoms with E-state index in [-0.39, 0.29) is 31.1 Å². The molecule has 2 aliphatic rings. The van der Waals surface area contributed by atoms with Crippen molar-refractivity contribution >= 4 is 23.3 Å². The van der Waals surface area contributed by atoms with Crippen LogP contribution in [0.25, 0.3) is 5.69 Å². The lowest BCUT2D eigenvalue weighted by Crippen LogP contribution is -2.41. The smallest absolute Gasteiger partial charge is 0.239 e. The number of rotatable bonds is 6. The Morgan fingerprint density at radius 1 is 1.00 bits per heavy atom. The summed E-state index contributed by atoms with van der Waals surface area (Å²) in [6.45, 7) is 3.74. The summed E-state index contributed by atoms with van der Waals surface area (Å²) >= 11 is 0. The number of nitrogens with one attached hydrogen (secondary N) is 2. The van der Waals surface area contributed by atoms with Gasteiger partial charge in [0.15, 0.2) is 11.5 Å². The van der Waals surface area contributed by atoms with Gasteiger partial charge in [-0.25, -0.2) is 4.68 Å². The number of hydrogen-bond acceptors (Lipinski definition) is 6. The van der Waals surface area contributed by atoms with E-state index < -0.39 is 0 Å². The lowest BCUT2D eigenvalue weighted by molar-refractivity contribution is -0.121. The van der Waals surface area contributed by atoms with Crippen LogP contribution in [0.15, 0.2) is 54.6 Å². The van der Waals surface area contributed by atoms with Gasteiger partial charge in [0.05, 0.1) is 17.9 Å². The molecule has 176 valence electrons. The second kappa shape index (κ2) is 9.56. The van der Waals surface area contributed by atoms with Gasteiger partial charge in [0, 0.05) is 23.7 Å². The third-order valence-electron chi connectivity index (χ3n) is 6.07. The van der Waals surface area contributed by atoms with Gasteiger partial charge >= 0.3 is 0 Å². The number of hydrogen-bond donors (Lipinski definition) is 2. The highest BCUT2D eigenvalue weighted by Crippen LogP contribution is 2.34. The Morgan fingerprint density at radius 3 is 2.56 bits per heavy atom. The van der Waals surface area contributed by atoms with Crippen molar-refractivity contribution in [2.45, 2.75) is 19.8 Å². The molecule has 2 aromatic carbocycles. The number of para-hydroxylation sites is 1. The van der Waals surface area contributed by atoms with Crippen molar-refractivity contribution in [1.29, 1.82) is 0 Å². The van der Waals surface area contributed by atoms with Gasteiger partial charge in [0.2, 0.25) is 18.6 Å². The molecule has 1 fully saturated rings. The topological polar surface area (TPSA) is 97.7 Å². The van der Waals surface area contributed by atoms with Gasteiger partial charge in [-0.1, -0.05) is 18.2 Å². The molecule has 0 unspecified atom stereocenters. The first-order valence-corrected chi connectivity index (χ1v) is 11.4. The normalized spacial score (nSPS) is 15.8. The zero-order valence-corrected chi connectivity index (χ0v) is 19.0. The minimum Gasteiger partial charge on any atom is -0.454 e. The molecular formula is C25H27N5O4. The lowest BCUT2D eigenvalue weighted by atomic mass is 9.96. The van der Waals surface area contributed by atoms with Crippen LogP contribution in [0.1, 0.15) is 18.5 Å². The summed E-state index contributed by atoms with van der Waals surface area (Å²) in [6.07, 6.45) is 1.40. The molecule has 1 saturated heterocycles. The average Bonchev–Trinajstić information content (AvgIpc) is 3.45. The molecule has 9 heteroatoms. The van der Waals surface area contributed by atoms with Crippen LogP contribution in [0.3, 0.4) is 0 Å². The molecule has 9 nitrogen and oxygen atoms in total. The van der Waals surface area contributed by atoms with E-state index >= 15 is 0 Å². The average molecular weight is 462 g/mol. The molecule has 34 heavy (non-hydrogen) atoms. The van der Waals surface area contributed by atoms with Crippen LogP contribution in [0.4, 0.5) is 11.5 Å². The number of ether oxygens (including phenoxy) is 2. The quantitative estimate of drug-likeness (QED) is 0.585. The van der Waals surface area contributed by atoms with Crippen LogP contribution in [0, 0.1) is 12.8 Å². The first-order valence-electron chi connectivity index (χ1n) is 11.4. The number of fused-ring (bicyclic) bond motifs is 1. The zero-order valence-electron chi connectivity index (χ0n) is 19.0. The van der Waals surface area contributed by atoms with Gasteiger partial charge in [0.1, 0.15) is 5.82 Å². The lowest BCUT2D eigenvalue weighted by Gasteiger charge is -2.30. The Labute approximate surface area is 197 Å². The maximum Gasteiger partial charge on any atom is 0.239 e. The number of anilines is 2. The Morgan fingerprint density at radius 2 is 1.76 bits per heavy atom. The molecule has 1 aromatic heterocycles. The Hall–Kier alpha value is -3.85. The first kappa shape index (κ1) is 22.0. The fourth-order valence-corrected chi connectivity index (χ4v) is 4.31. The third kappa shape index (κ3) is 4.89. The SMILES string of the molecule is Cc1cc(NC(=O)CN2CCC(C(=O)Nc3ccc4c(c3)OCO4)CC2)n(-c2ccccc2)n1. The molecule has 3 heterocycles. The van der Waals surface area contributed by atoms with Crippen molar-refractivity contribution in [3.63, 3.8) is 0 Å². The van der Waals surface area contributed by atoms with Crippen LogP contribution in [-0.4, -0.2) is 52.9 Å². The second-order valence-corrected chi connectivity index (χ2v) is 8.57. The van der Waals surface area contributed by atoms with E-state index in [1.165, 1.54) is 0 Å². The number of carbonyl (C=O) groups excluding carboxylic acids is 2. The van der Waals surface area contributed by atoms with E-state index in [1.807, 2.05) is 49.4 Å². The van der Waals surface area contributed by atoms with E-state index in [0.29, 0.717) is 48.9 Å². The highest BCUT2D eigenvalue weighted by atomic mass is 16.7. The first-order chi connectivity index (χ1) is 16.5. The van der Waals surface area contributed by atoms with Gasteiger partial charge in [-0.3, -0.25) is 14.5 Å². The molecule has 2 amide bonds. The maximum atomic E-state index is 12.7. The highest BCUT2D eigenvalue weighted by molar-refractivity contribution is 5.93. The van der Waals surface area contributed by atoms with E-state index in [4.69, 9.17) is 9.47 Å². The van der Waals surface area contributed by atoms with Crippen molar-refractivity contribution in [1.82, 2.24) is 14.7 Å². The Kier molecular flexibility index (Phi) is 6.18. The number of piperidine rings is 1. The summed E-state index contributed by atoms with van der Waals surface area (Å²) < 4.78 is 12.4. The molecule has 0 aliphatic carbocycles. The molecule has 2 N–H and O–H groups in total. The van der Waals surface area contributed by atoms with Crippen molar-refractivity contribution in [2.75, 3.05) is 37.1 Å². The molecule has 0 spiro atoms. The summed E-state index contributed by atoms with van der Waals surface area (Å²) in [7, 11) is 0. The van der Waals surface area contributed by atoms with Crippen LogP contribution >= 0.6 is 0 Å². The molecule has 5 rings (SSSR count). The summed E-state index contributed by atoms with van der Waals surface area (Å²) in [5.41, 5.74) is 2.41. The number of likely N-dealkylation sites (tertiary alicyclic amines) is 1. The molecule has 0 saturated carbocycles. The summed E-state index contributed by atoms with van der Waals surface area (Å²) in [5, 5.41) is 10.4. The molecule has 3 aromatic rings. The number of amides is 2. The number of benzene rings is 2. The zero-order chi connectivity index (χ0) is 23.5. The minimum atomic E-state index is -0.0969. The van der Waals surface area contributed by atoms with Crippen molar-refractivity contribution < 1.29 is 19.1 Å². The maximum absolute atomic E-state index is 12.7. The molecule has 0 atom stereocenters. The number of aryl methyl sites for hydroxylation is 1. The standard InChI is InChI=1S/C25H27N5O4/c1-17-13-23(30(28-17)20-5-3-2-4-6-20)27-24(31)15-29-11-9-18(10-12-29)25(32)26-19-7-8-21-22(14-19)34-16-33-21/h2-8,13-14,18H,9-12,15-16H2,1H3,(H,26,32)(H,27,31). The largest absolute Gasteiger partial charge is 0.454 e. The molecule has 2 aliphatic heterocycles. The predicted molar refractivity (Wildman–Crippen MR) is 127 cm³/mol. The Bertz CT molecular complexity index is 1190. The molecular weight excluding hydrogens is 434 g/mol. The van der Waals surface area contributed by atoms with E-state index in [0.717, 1.165) is 11.4 Å². The van der Waals surface area contributed by atoms with Gasteiger partial charge in [0.25, 0.3) is 0 Å². The highest BCUT2D eigenvalue weighted by Gasteiger charge is 2.26. The van der Waals surface area contributed by atoms with Crippen LogP contribution in [0.5, 0.6) is 11.5 Å². The second-order valence-electron chi connectivity index (χ2n) is 8.57. The molecule has 0 radical (unpaired) electrons. The predicted octanol–water partition coefficient (Wildman–Crippen LogP) is 3.20. The van der Waals surface area contributed by atoms with Crippen LogP contribution in [0.2, 0.25) is 0 Å². The fraction of sp³-hybridized carbons (Fsp3) is 0.320. The van der Waals surface area contributed by atoms with E-state index in [2.05, 4.69) is 20.6 Å². The van der Waals surface area contributed by atoms with Gasteiger partial charge < -0.3 is 20.1 Å². The van der Waals surface area contributed by atoms with Gasteiger partial charge in [-0.2, -0.15) is 5.10 Å². The molecule has 0 bridgehead atoms. The number of carbonyl (C=O) groups is 2. The van der Waals surface area contributed by atoms with Crippen molar-refractivity contribution in [3.05, 3.63) is 60.3 Å². The van der Waals surface area contributed by atoms with Gasteiger partial charge in [-0.15, -0.1) is 0 Å². The summed E-state index contributed by atoms with van der Waals surface area (Å²) in [6, 6.07) is 17.0. The van der Waals surface area contributed by atoms with Crippen LogP contribution in [-0.2, 0) is 9.59 Å². The van der Waals surface area contributed by atoms with E-state index in [1.54, 1.807) is 16.8 Å². The Balaban J connectivity index is 1.12. The monoisotopic (exact) mass is 461 g/mol. The summed E-state index contributed by atoms with van der Waals surface area (Å²) in [5.74, 6) is 1.78. The summed E-state index contributed by atoms with van der Waals surface area (Å²) in [4.78, 5) is 27.5. The van der Waals surface area contributed by atoms with Gasteiger partial charge in [-0.05, 0) is 57.1 Å². The minimum absolute atomic E-state index is 0.00907. The van der Waals surface area contributed by atoms with Crippen molar-refractivity contribution in [3.8, 4) is 17.2 Å². The van der Waals surface area contributed by atoms with Crippen LogP contribution < -0.4 is 20.1 Å². The van der Waals surface area contributed by atoms with E-state index in [9.17, 15) is 9.59 Å². The number of aromatic nitrogens is 2. The fourth-order valence-electron chi connectivity index (χ4n) is 4.31. The third-order valence-corrected chi connectivity index (χ3v) is 6.07. The van der Waals surface area contributed by atoms with Crippen molar-refractivity contribution in [2.24, 2.45) is 5.92 Å².